The number of rotatable bonds is 3. The standard InChI is InChI=1S/C13H9F3N2O2/c14-13(15,16)10-5-1-2-6-11(10)20-18-12(19)9-4-3-7-17-8-9/h1-8H,(H,18,19). The van der Waals surface area contributed by atoms with Gasteiger partial charge in [0.25, 0.3) is 5.91 Å². The molecule has 0 aliphatic carbocycles. The van der Waals surface area contributed by atoms with E-state index in [1.54, 1.807) is 0 Å². The molecule has 1 N–H and O–H groups in total. The van der Waals surface area contributed by atoms with Crippen LogP contribution in [-0.2, 0) is 6.18 Å². The Morgan fingerprint density at radius 3 is 2.55 bits per heavy atom. The first-order chi connectivity index (χ1) is 9.48. The quantitative estimate of drug-likeness (QED) is 0.881. The minimum Gasteiger partial charge on any atom is -0.379 e. The van der Waals surface area contributed by atoms with E-state index in [9.17, 15) is 18.0 Å². The molecule has 7 heteroatoms. The normalized spacial score (nSPS) is 10.9. The highest BCUT2D eigenvalue weighted by molar-refractivity contribution is 5.93. The number of aromatic nitrogens is 1. The number of benzene rings is 1. The number of alkyl halides is 3. The molecule has 20 heavy (non-hydrogen) atoms. The monoisotopic (exact) mass is 282 g/mol. The molecule has 1 heterocycles. The van der Waals surface area contributed by atoms with Gasteiger partial charge in [-0.2, -0.15) is 18.7 Å². The van der Waals surface area contributed by atoms with E-state index in [4.69, 9.17) is 4.84 Å². The van der Waals surface area contributed by atoms with Crippen LogP contribution in [0.3, 0.4) is 0 Å². The molecule has 0 aliphatic rings. The van der Waals surface area contributed by atoms with E-state index in [0.717, 1.165) is 12.1 Å². The highest BCUT2D eigenvalue weighted by atomic mass is 19.4. The van der Waals surface area contributed by atoms with Crippen molar-refractivity contribution in [3.05, 3.63) is 59.9 Å². The van der Waals surface area contributed by atoms with Crippen molar-refractivity contribution in [3.63, 3.8) is 0 Å². The van der Waals surface area contributed by atoms with Gasteiger partial charge < -0.3 is 4.84 Å². The number of hydrogen-bond donors (Lipinski definition) is 1. The maximum Gasteiger partial charge on any atom is 0.420 e. The van der Waals surface area contributed by atoms with Gasteiger partial charge in [0.1, 0.15) is 5.56 Å². The Bertz CT molecular complexity index is 600. The zero-order chi connectivity index (χ0) is 14.6. The second kappa shape index (κ2) is 5.60. The van der Waals surface area contributed by atoms with Crippen molar-refractivity contribution in [3.8, 4) is 5.75 Å². The average Bonchev–Trinajstić information content (AvgIpc) is 2.45. The van der Waals surface area contributed by atoms with Gasteiger partial charge in [-0.25, -0.2) is 0 Å². The van der Waals surface area contributed by atoms with Gasteiger partial charge in [-0.05, 0) is 24.3 Å². The Morgan fingerprint density at radius 2 is 1.90 bits per heavy atom. The fourth-order valence-corrected chi connectivity index (χ4v) is 1.45. The van der Waals surface area contributed by atoms with Crippen LogP contribution in [0.1, 0.15) is 15.9 Å². The van der Waals surface area contributed by atoms with Crippen LogP contribution in [0.15, 0.2) is 48.8 Å². The third-order valence-corrected chi connectivity index (χ3v) is 2.37. The summed E-state index contributed by atoms with van der Waals surface area (Å²) in [7, 11) is 0. The van der Waals surface area contributed by atoms with Crippen LogP contribution in [0.25, 0.3) is 0 Å². The van der Waals surface area contributed by atoms with Crippen LogP contribution in [-0.4, -0.2) is 10.9 Å². The highest BCUT2D eigenvalue weighted by Gasteiger charge is 2.34. The summed E-state index contributed by atoms with van der Waals surface area (Å²) in [4.78, 5) is 20.1. The Morgan fingerprint density at radius 1 is 1.15 bits per heavy atom. The Kier molecular flexibility index (Phi) is 3.88. The van der Waals surface area contributed by atoms with Crippen molar-refractivity contribution >= 4 is 5.91 Å². The summed E-state index contributed by atoms with van der Waals surface area (Å²) in [5, 5.41) is 0. The third kappa shape index (κ3) is 3.25. The number of nitrogens with zero attached hydrogens (tertiary/aromatic N) is 1. The average molecular weight is 282 g/mol. The van der Waals surface area contributed by atoms with Crippen LogP contribution >= 0.6 is 0 Å². The third-order valence-electron chi connectivity index (χ3n) is 2.37. The first-order valence-corrected chi connectivity index (χ1v) is 5.52. The molecule has 0 radical (unpaired) electrons. The van der Waals surface area contributed by atoms with Crippen molar-refractivity contribution < 1.29 is 22.8 Å². The van der Waals surface area contributed by atoms with Crippen molar-refractivity contribution in [1.29, 1.82) is 0 Å². The number of carbonyl (C=O) groups is 1. The van der Waals surface area contributed by atoms with Crippen LogP contribution in [0.2, 0.25) is 0 Å². The lowest BCUT2D eigenvalue weighted by Gasteiger charge is -2.13. The highest BCUT2D eigenvalue weighted by Crippen LogP contribution is 2.35. The van der Waals surface area contributed by atoms with Gasteiger partial charge in [-0.1, -0.05) is 12.1 Å². The van der Waals surface area contributed by atoms with Gasteiger partial charge in [0.15, 0.2) is 5.75 Å². The van der Waals surface area contributed by atoms with Crippen LogP contribution in [0.4, 0.5) is 13.2 Å². The number of nitrogens with one attached hydrogen (secondary N) is 1. The second-order valence-electron chi connectivity index (χ2n) is 3.77. The minimum atomic E-state index is -4.56. The SMILES string of the molecule is O=C(NOc1ccccc1C(F)(F)F)c1cccnc1. The van der Waals surface area contributed by atoms with E-state index in [2.05, 4.69) is 4.98 Å². The van der Waals surface area contributed by atoms with Crippen molar-refractivity contribution in [2.75, 3.05) is 0 Å². The first-order valence-electron chi connectivity index (χ1n) is 5.52. The molecule has 1 amide bonds. The number of hydrogen-bond acceptors (Lipinski definition) is 3. The predicted molar refractivity (Wildman–Crippen MR) is 63.8 cm³/mol. The largest absolute Gasteiger partial charge is 0.420 e. The fourth-order valence-electron chi connectivity index (χ4n) is 1.45. The lowest BCUT2D eigenvalue weighted by molar-refractivity contribution is -0.139. The molecule has 104 valence electrons. The molecule has 0 aliphatic heterocycles. The Labute approximate surface area is 112 Å². The van der Waals surface area contributed by atoms with Crippen molar-refractivity contribution in [2.45, 2.75) is 6.18 Å². The lowest BCUT2D eigenvalue weighted by Crippen LogP contribution is -2.28. The molecule has 2 aromatic rings. The molecule has 2 rings (SSSR count). The number of carbonyl (C=O) groups excluding carboxylic acids is 1. The maximum atomic E-state index is 12.7. The minimum absolute atomic E-state index is 0.178. The van der Waals surface area contributed by atoms with E-state index in [-0.39, 0.29) is 5.56 Å². The number of hydroxylamine groups is 1. The zero-order valence-electron chi connectivity index (χ0n) is 10.0. The van der Waals surface area contributed by atoms with E-state index < -0.39 is 23.4 Å². The van der Waals surface area contributed by atoms with Crippen LogP contribution in [0, 0.1) is 0 Å². The molecule has 0 spiro atoms. The van der Waals surface area contributed by atoms with E-state index in [1.165, 1.54) is 36.7 Å². The molecular weight excluding hydrogens is 273 g/mol. The second-order valence-corrected chi connectivity index (χ2v) is 3.77. The molecule has 0 fully saturated rings. The Hall–Kier alpha value is -2.57. The van der Waals surface area contributed by atoms with Gasteiger partial charge in [-0.3, -0.25) is 9.78 Å². The van der Waals surface area contributed by atoms with E-state index in [1.807, 2.05) is 5.48 Å². The summed E-state index contributed by atoms with van der Waals surface area (Å²) in [6, 6.07) is 7.58. The van der Waals surface area contributed by atoms with Gasteiger partial charge in [0.05, 0.1) is 5.56 Å². The molecule has 0 saturated heterocycles. The fraction of sp³-hybridized carbons (Fsp3) is 0.0769. The van der Waals surface area contributed by atoms with E-state index >= 15 is 0 Å². The zero-order valence-corrected chi connectivity index (χ0v) is 10.0. The molecule has 4 nitrogen and oxygen atoms in total. The smallest absolute Gasteiger partial charge is 0.379 e. The molecule has 0 saturated carbocycles. The van der Waals surface area contributed by atoms with Crippen LogP contribution < -0.4 is 10.3 Å². The Balaban J connectivity index is 2.11. The summed E-state index contributed by atoms with van der Waals surface area (Å²) >= 11 is 0. The molecule has 0 bridgehead atoms. The molecule has 0 unspecified atom stereocenters. The van der Waals surface area contributed by atoms with Gasteiger partial charge >= 0.3 is 6.18 Å². The predicted octanol–water partition coefficient (Wildman–Crippen LogP) is 2.82. The summed E-state index contributed by atoms with van der Waals surface area (Å²) in [5.41, 5.74) is 1.16. The van der Waals surface area contributed by atoms with E-state index in [0.29, 0.717) is 0 Å². The number of halogens is 3. The van der Waals surface area contributed by atoms with Crippen molar-refractivity contribution in [2.24, 2.45) is 0 Å². The summed E-state index contributed by atoms with van der Waals surface area (Å²) in [5.74, 6) is -1.16. The van der Waals surface area contributed by atoms with Gasteiger partial charge in [0, 0.05) is 12.4 Å². The number of pyridine rings is 1. The topological polar surface area (TPSA) is 51.2 Å². The van der Waals surface area contributed by atoms with Crippen LogP contribution in [0.5, 0.6) is 5.75 Å². The molecule has 1 aromatic heterocycles. The summed E-state index contributed by atoms with van der Waals surface area (Å²) < 4.78 is 38.1. The van der Waals surface area contributed by atoms with Gasteiger partial charge in [0.2, 0.25) is 0 Å². The number of amides is 1. The van der Waals surface area contributed by atoms with Crippen molar-refractivity contribution in [1.82, 2.24) is 10.5 Å². The maximum absolute atomic E-state index is 12.7. The summed E-state index contributed by atoms with van der Waals surface area (Å²) in [6.07, 6.45) is -1.82. The number of para-hydroxylation sites is 1. The molecule has 0 atom stereocenters. The first kappa shape index (κ1) is 13.9. The molecular formula is C13H9F3N2O2. The summed E-state index contributed by atoms with van der Waals surface area (Å²) in [6.45, 7) is 0. The lowest BCUT2D eigenvalue weighted by atomic mass is 10.2. The van der Waals surface area contributed by atoms with Gasteiger partial charge in [-0.15, -0.1) is 0 Å². The molecule has 1 aromatic carbocycles.